The monoisotopic (exact) mass is 347 g/mol. The number of carbonyl (C=O) groups excluding carboxylic acids is 1. The summed E-state index contributed by atoms with van der Waals surface area (Å²) >= 11 is 1.43. The second kappa shape index (κ2) is 7.79. The molecule has 2 unspecified atom stereocenters. The summed E-state index contributed by atoms with van der Waals surface area (Å²) in [5, 5.41) is 5.10. The van der Waals surface area contributed by atoms with E-state index < -0.39 is 0 Å². The lowest BCUT2D eigenvalue weighted by Gasteiger charge is -2.29. The van der Waals surface area contributed by atoms with Crippen LogP contribution in [0.2, 0.25) is 0 Å². The van der Waals surface area contributed by atoms with Gasteiger partial charge in [-0.15, -0.1) is 11.3 Å². The van der Waals surface area contributed by atoms with Gasteiger partial charge in [-0.25, -0.2) is 4.39 Å². The van der Waals surface area contributed by atoms with E-state index in [1.54, 1.807) is 12.1 Å². The Morgan fingerprint density at radius 1 is 1.29 bits per heavy atom. The second-order valence-electron chi connectivity index (χ2n) is 6.40. The standard InChI is InChI=1S/C19H22FNO2S/c1-13-4-2-3-5-17(13)21-19(22)18-10-14(12-24-18)11-23-16-8-6-15(20)7-9-16/h6-10,12-13,17H,2-5,11H2,1H3,(H,21,22). The van der Waals surface area contributed by atoms with Gasteiger partial charge >= 0.3 is 0 Å². The summed E-state index contributed by atoms with van der Waals surface area (Å²) in [7, 11) is 0. The molecule has 128 valence electrons. The summed E-state index contributed by atoms with van der Waals surface area (Å²) < 4.78 is 18.5. The summed E-state index contributed by atoms with van der Waals surface area (Å²) in [6.45, 7) is 2.58. The van der Waals surface area contributed by atoms with Gasteiger partial charge in [0.25, 0.3) is 5.91 Å². The van der Waals surface area contributed by atoms with Gasteiger partial charge in [0.05, 0.1) is 4.88 Å². The Balaban J connectivity index is 1.54. The van der Waals surface area contributed by atoms with Gasteiger partial charge in [-0.05, 0) is 54.5 Å². The molecule has 0 saturated heterocycles. The number of halogens is 1. The van der Waals surface area contributed by atoms with Gasteiger partial charge < -0.3 is 10.1 Å². The summed E-state index contributed by atoms with van der Waals surface area (Å²) in [5.41, 5.74) is 0.950. The van der Waals surface area contributed by atoms with E-state index in [9.17, 15) is 9.18 Å². The first-order valence-electron chi connectivity index (χ1n) is 8.38. The topological polar surface area (TPSA) is 38.3 Å². The average Bonchev–Trinajstić information content (AvgIpc) is 3.06. The molecular weight excluding hydrogens is 325 g/mol. The SMILES string of the molecule is CC1CCCCC1NC(=O)c1cc(COc2ccc(F)cc2)cs1. The molecule has 1 aliphatic rings. The molecule has 1 aromatic heterocycles. The van der Waals surface area contributed by atoms with Crippen LogP contribution >= 0.6 is 11.3 Å². The molecule has 3 rings (SSSR count). The van der Waals surface area contributed by atoms with E-state index in [0.29, 0.717) is 23.2 Å². The van der Waals surface area contributed by atoms with E-state index >= 15 is 0 Å². The van der Waals surface area contributed by atoms with Crippen LogP contribution in [-0.2, 0) is 6.61 Å². The Kier molecular flexibility index (Phi) is 5.51. The lowest BCUT2D eigenvalue weighted by Crippen LogP contribution is -2.40. The van der Waals surface area contributed by atoms with E-state index in [1.165, 1.54) is 42.7 Å². The third-order valence-corrected chi connectivity index (χ3v) is 5.50. The van der Waals surface area contributed by atoms with E-state index in [1.807, 2.05) is 11.4 Å². The predicted octanol–water partition coefficient (Wildman–Crippen LogP) is 4.77. The predicted molar refractivity (Wildman–Crippen MR) is 93.9 cm³/mol. The molecule has 0 radical (unpaired) electrons. The Labute approximate surface area is 145 Å². The third kappa shape index (κ3) is 4.35. The van der Waals surface area contributed by atoms with Gasteiger partial charge in [-0.2, -0.15) is 0 Å². The minimum absolute atomic E-state index is 0.00628. The van der Waals surface area contributed by atoms with Crippen LogP contribution in [0.3, 0.4) is 0 Å². The van der Waals surface area contributed by atoms with Crippen LogP contribution in [0.5, 0.6) is 5.75 Å². The van der Waals surface area contributed by atoms with Gasteiger partial charge in [-0.1, -0.05) is 19.8 Å². The van der Waals surface area contributed by atoms with Crippen LogP contribution in [0, 0.1) is 11.7 Å². The number of nitrogens with one attached hydrogen (secondary N) is 1. The first-order valence-corrected chi connectivity index (χ1v) is 9.26. The minimum Gasteiger partial charge on any atom is -0.489 e. The number of hydrogen-bond acceptors (Lipinski definition) is 3. The van der Waals surface area contributed by atoms with Crippen molar-refractivity contribution in [1.29, 1.82) is 0 Å². The van der Waals surface area contributed by atoms with Crippen molar-refractivity contribution in [2.45, 2.75) is 45.3 Å². The highest BCUT2D eigenvalue weighted by Crippen LogP contribution is 2.25. The maximum Gasteiger partial charge on any atom is 0.261 e. The molecule has 24 heavy (non-hydrogen) atoms. The molecule has 2 aromatic rings. The average molecular weight is 347 g/mol. The fourth-order valence-corrected chi connectivity index (χ4v) is 3.84. The maximum atomic E-state index is 12.9. The molecule has 1 N–H and O–H groups in total. The zero-order chi connectivity index (χ0) is 16.9. The Hall–Kier alpha value is -1.88. The largest absolute Gasteiger partial charge is 0.489 e. The number of benzene rings is 1. The molecule has 3 nitrogen and oxygen atoms in total. The molecule has 1 aromatic carbocycles. The second-order valence-corrected chi connectivity index (χ2v) is 7.31. The van der Waals surface area contributed by atoms with Crippen molar-refractivity contribution in [3.63, 3.8) is 0 Å². The van der Waals surface area contributed by atoms with Crippen LogP contribution in [0.15, 0.2) is 35.7 Å². The Morgan fingerprint density at radius 2 is 2.04 bits per heavy atom. The molecule has 1 amide bonds. The molecule has 1 fully saturated rings. The minimum atomic E-state index is -0.284. The van der Waals surface area contributed by atoms with Crippen molar-refractivity contribution >= 4 is 17.2 Å². The van der Waals surface area contributed by atoms with Gasteiger partial charge in [-0.3, -0.25) is 4.79 Å². The lowest BCUT2D eigenvalue weighted by atomic mass is 9.86. The summed E-state index contributed by atoms with van der Waals surface area (Å²) in [6, 6.07) is 8.09. The molecule has 5 heteroatoms. The van der Waals surface area contributed by atoms with Crippen LogP contribution in [0.1, 0.15) is 47.8 Å². The number of amides is 1. The number of carbonyl (C=O) groups is 1. The normalized spacial score (nSPS) is 20.6. The molecule has 0 spiro atoms. The quantitative estimate of drug-likeness (QED) is 0.846. The summed E-state index contributed by atoms with van der Waals surface area (Å²) in [4.78, 5) is 13.1. The molecule has 1 heterocycles. The van der Waals surface area contributed by atoms with E-state index in [4.69, 9.17) is 4.74 Å². The Bertz CT molecular complexity index is 683. The first-order chi connectivity index (χ1) is 11.6. The number of thiophene rings is 1. The number of ether oxygens (including phenoxy) is 1. The summed E-state index contributed by atoms with van der Waals surface area (Å²) in [5.74, 6) is 0.883. The molecule has 2 atom stereocenters. The fourth-order valence-electron chi connectivity index (χ4n) is 3.04. The molecule has 1 aliphatic carbocycles. The maximum absolute atomic E-state index is 12.9. The van der Waals surface area contributed by atoms with Crippen LogP contribution < -0.4 is 10.1 Å². The highest BCUT2D eigenvalue weighted by Gasteiger charge is 2.23. The highest BCUT2D eigenvalue weighted by molar-refractivity contribution is 7.12. The van der Waals surface area contributed by atoms with Crippen molar-refractivity contribution in [1.82, 2.24) is 5.32 Å². The lowest BCUT2D eigenvalue weighted by molar-refractivity contribution is 0.0914. The van der Waals surface area contributed by atoms with Crippen LogP contribution in [-0.4, -0.2) is 11.9 Å². The van der Waals surface area contributed by atoms with Crippen molar-refractivity contribution in [2.75, 3.05) is 0 Å². The molecule has 0 aliphatic heterocycles. The highest BCUT2D eigenvalue weighted by atomic mass is 32.1. The fraction of sp³-hybridized carbons (Fsp3) is 0.421. The van der Waals surface area contributed by atoms with Gasteiger partial charge in [0.2, 0.25) is 0 Å². The third-order valence-electron chi connectivity index (χ3n) is 4.52. The first kappa shape index (κ1) is 17.0. The molecule has 1 saturated carbocycles. The van der Waals surface area contributed by atoms with Gasteiger partial charge in [0.1, 0.15) is 18.2 Å². The van der Waals surface area contributed by atoms with Crippen LogP contribution in [0.4, 0.5) is 4.39 Å². The van der Waals surface area contributed by atoms with Crippen molar-refractivity contribution in [2.24, 2.45) is 5.92 Å². The van der Waals surface area contributed by atoms with E-state index in [0.717, 1.165) is 12.0 Å². The van der Waals surface area contributed by atoms with Gasteiger partial charge in [0.15, 0.2) is 0 Å². The number of rotatable bonds is 5. The van der Waals surface area contributed by atoms with E-state index in [2.05, 4.69) is 12.2 Å². The zero-order valence-electron chi connectivity index (χ0n) is 13.8. The summed E-state index contributed by atoms with van der Waals surface area (Å²) in [6.07, 6.45) is 4.71. The molecular formula is C19H22FNO2S. The number of hydrogen-bond donors (Lipinski definition) is 1. The zero-order valence-corrected chi connectivity index (χ0v) is 14.6. The van der Waals surface area contributed by atoms with Crippen LogP contribution in [0.25, 0.3) is 0 Å². The molecule has 0 bridgehead atoms. The Morgan fingerprint density at radius 3 is 2.79 bits per heavy atom. The smallest absolute Gasteiger partial charge is 0.261 e. The van der Waals surface area contributed by atoms with Crippen molar-refractivity contribution < 1.29 is 13.9 Å². The van der Waals surface area contributed by atoms with Crippen molar-refractivity contribution in [3.05, 3.63) is 52.0 Å². The van der Waals surface area contributed by atoms with E-state index in [-0.39, 0.29) is 17.8 Å². The van der Waals surface area contributed by atoms with Gasteiger partial charge in [0, 0.05) is 11.6 Å². The van der Waals surface area contributed by atoms with Crippen molar-refractivity contribution in [3.8, 4) is 5.75 Å².